The average Bonchev–Trinajstić information content (AvgIpc) is 0.722. The molecule has 0 aliphatic carbocycles. The van der Waals surface area contributed by atoms with E-state index in [4.69, 9.17) is 19.2 Å². The van der Waals surface area contributed by atoms with Gasteiger partial charge in [0.2, 0.25) is 0 Å². The van der Waals surface area contributed by atoms with E-state index in [0.717, 1.165) is 0 Å². The molecule has 0 fully saturated rings. The first-order chi connectivity index (χ1) is 2.00. The average molecular weight is 252 g/mol. The van der Waals surface area contributed by atoms with Crippen LogP contribution in [-0.2, 0) is 19.5 Å². The number of rotatable bonds is 0. The second-order valence-corrected chi connectivity index (χ2v) is 1.80. The Kier molecular flexibility index (Phi) is 69.1. The summed E-state index contributed by atoms with van der Waals surface area (Å²) in [6.07, 6.45) is 0. The van der Waals surface area contributed by atoms with Crippen LogP contribution in [0.25, 0.3) is 0 Å². The molecule has 0 aliphatic rings. The topological polar surface area (TPSA) is 144 Å². The van der Waals surface area contributed by atoms with Crippen molar-refractivity contribution in [3.05, 3.63) is 0 Å². The summed E-state index contributed by atoms with van der Waals surface area (Å²) in [6, 6.07) is 0. The second kappa shape index (κ2) is 17.3. The normalized spacial score (nSPS) is 6.00. The predicted octanol–water partition coefficient (Wildman–Crippen LogP) is -6.09. The van der Waals surface area contributed by atoms with Crippen LogP contribution in [0.1, 0.15) is 0 Å². The van der Waals surface area contributed by atoms with Crippen molar-refractivity contribution >= 4 is 56.0 Å². The summed E-state index contributed by atoms with van der Waals surface area (Å²) in [5.41, 5.74) is 0. The van der Waals surface area contributed by atoms with Crippen LogP contribution in [0, 0.1) is 0 Å². The minimum Gasteiger partial charge on any atom is 0 e. The van der Waals surface area contributed by atoms with Crippen LogP contribution in [0.5, 0.6) is 0 Å². The Morgan fingerprint density at radius 2 is 0.800 bits per heavy atom. The molecule has 6 nitrogen and oxygen atoms in total. The maximum Gasteiger partial charge on any atom is 0 e. The van der Waals surface area contributed by atoms with Gasteiger partial charge in [0, 0.05) is 19.5 Å². The monoisotopic (exact) mass is 250 g/mol. The Morgan fingerprint density at radius 1 is 0.800 bits per heavy atom. The minimum absolute atomic E-state index is 0. The zero-order valence-electron chi connectivity index (χ0n) is 4.00. The van der Waals surface area contributed by atoms with E-state index in [1.54, 1.807) is 0 Å². The SMILES string of the molecule is O.O.O[Si](O)(O)O.[AlH3].[NaH].[Zn]. The van der Waals surface area contributed by atoms with E-state index >= 15 is 0 Å². The van der Waals surface area contributed by atoms with E-state index in [-0.39, 0.29) is 77.3 Å². The van der Waals surface area contributed by atoms with Gasteiger partial charge in [-0.25, -0.2) is 0 Å². The first-order valence-corrected chi connectivity index (χ1v) is 2.68. The molecule has 10 heavy (non-hydrogen) atoms. The Bertz CT molecular complexity index is 33.2. The van der Waals surface area contributed by atoms with Crippen LogP contribution in [0.2, 0.25) is 0 Å². The van der Waals surface area contributed by atoms with Crippen molar-refractivity contribution in [1.82, 2.24) is 0 Å². The Morgan fingerprint density at radius 3 is 0.800 bits per heavy atom. The van der Waals surface area contributed by atoms with Crippen LogP contribution < -0.4 is 0 Å². The molecule has 0 amide bonds. The second-order valence-electron chi connectivity index (χ2n) is 0.600. The van der Waals surface area contributed by atoms with Gasteiger partial charge >= 0.3 is 38.6 Å². The van der Waals surface area contributed by atoms with E-state index in [0.29, 0.717) is 0 Å². The van der Waals surface area contributed by atoms with Gasteiger partial charge in [-0.1, -0.05) is 0 Å². The summed E-state index contributed by atoms with van der Waals surface area (Å²) in [5, 5.41) is 0. The molecule has 0 unspecified atom stereocenters. The fourth-order valence-corrected chi connectivity index (χ4v) is 0. The molecule has 0 bridgehead atoms. The molecule has 0 rings (SSSR count). The molecule has 0 atom stereocenters. The fourth-order valence-electron chi connectivity index (χ4n) is 0. The number of hydrogen-bond donors (Lipinski definition) is 4. The summed E-state index contributed by atoms with van der Waals surface area (Å²) in [4.78, 5) is 29.3. The zero-order chi connectivity index (χ0) is 4.50. The maximum atomic E-state index is 7.33. The zero-order valence-corrected chi connectivity index (χ0v) is 7.96. The maximum absolute atomic E-state index is 7.33. The molecule has 0 aromatic rings. The van der Waals surface area contributed by atoms with Crippen molar-refractivity contribution in [3.63, 3.8) is 0 Å². The Balaban J connectivity index is -0.00000000800. The van der Waals surface area contributed by atoms with E-state index in [9.17, 15) is 0 Å². The smallest absolute Gasteiger partial charge is 0 e. The largest absolute Gasteiger partial charge is 0 e. The third-order valence-electron chi connectivity index (χ3n) is 0. The van der Waals surface area contributed by atoms with Crippen molar-refractivity contribution in [3.8, 4) is 0 Å². The molecule has 10 heteroatoms. The summed E-state index contributed by atoms with van der Waals surface area (Å²) < 4.78 is 0. The van der Waals surface area contributed by atoms with Gasteiger partial charge in [-0.3, -0.25) is 0 Å². The van der Waals surface area contributed by atoms with Gasteiger partial charge in [0.15, 0.2) is 17.4 Å². The molecule has 0 saturated carbocycles. The molecule has 0 aromatic heterocycles. The van der Waals surface area contributed by atoms with Crippen LogP contribution in [0.4, 0.5) is 0 Å². The first-order valence-electron chi connectivity index (χ1n) is 0.894. The summed E-state index contributed by atoms with van der Waals surface area (Å²) in [6.45, 7) is 0. The molecule has 0 saturated heterocycles. The van der Waals surface area contributed by atoms with E-state index in [2.05, 4.69) is 0 Å². The fraction of sp³-hybridized carbons (Fsp3) is 0. The molecule has 0 spiro atoms. The van der Waals surface area contributed by atoms with Crippen molar-refractivity contribution in [1.29, 1.82) is 0 Å². The molecule has 0 aromatic carbocycles. The Hall–Kier alpha value is 2.13. The van der Waals surface area contributed by atoms with Crippen LogP contribution in [0.3, 0.4) is 0 Å². The predicted molar refractivity (Wildman–Crippen MR) is 38.9 cm³/mol. The van der Waals surface area contributed by atoms with Gasteiger partial charge in [0.25, 0.3) is 0 Å². The summed E-state index contributed by atoms with van der Waals surface area (Å²) >= 11 is 0. The minimum atomic E-state index is -4.61. The third kappa shape index (κ3) is 186. The molecule has 8 N–H and O–H groups in total. The van der Waals surface area contributed by atoms with Gasteiger partial charge in [0.05, 0.1) is 0 Å². The van der Waals surface area contributed by atoms with Gasteiger partial charge in [-0.15, -0.1) is 0 Å². The molecule has 0 heterocycles. The van der Waals surface area contributed by atoms with Gasteiger partial charge < -0.3 is 30.1 Å². The van der Waals surface area contributed by atoms with Crippen LogP contribution in [0.15, 0.2) is 0 Å². The number of hydrogen-bond acceptors (Lipinski definition) is 4. The molecular weight excluding hydrogens is 239 g/mol. The molecule has 58 valence electrons. The van der Waals surface area contributed by atoms with Crippen molar-refractivity contribution in [2.45, 2.75) is 0 Å². The van der Waals surface area contributed by atoms with E-state index in [1.807, 2.05) is 0 Å². The van der Waals surface area contributed by atoms with Crippen molar-refractivity contribution in [2.24, 2.45) is 0 Å². The van der Waals surface area contributed by atoms with Crippen molar-refractivity contribution in [2.75, 3.05) is 0 Å². The van der Waals surface area contributed by atoms with Crippen LogP contribution in [-0.4, -0.2) is 86.1 Å². The third-order valence-corrected chi connectivity index (χ3v) is 0. The quantitative estimate of drug-likeness (QED) is 0.318. The first kappa shape index (κ1) is 40.0. The molecular formula is H12AlNaO6SiZn. The summed E-state index contributed by atoms with van der Waals surface area (Å²) in [5.74, 6) is 0. The van der Waals surface area contributed by atoms with Gasteiger partial charge in [-0.05, 0) is 0 Å². The molecule has 0 aliphatic heterocycles. The van der Waals surface area contributed by atoms with Crippen LogP contribution >= 0.6 is 0 Å². The van der Waals surface area contributed by atoms with Gasteiger partial charge in [0.1, 0.15) is 0 Å². The standard InChI is InChI=1S/Al.Na.H4O4Si.2H2O.Zn.4H/c;;1-5(2,3)4;;;;;;;/h;;1-4H;2*1H2;;;;;. The van der Waals surface area contributed by atoms with Gasteiger partial charge in [-0.2, -0.15) is 0 Å². The Labute approximate surface area is 105 Å². The van der Waals surface area contributed by atoms with E-state index in [1.165, 1.54) is 0 Å². The summed E-state index contributed by atoms with van der Waals surface area (Å²) in [7, 11) is -4.61. The van der Waals surface area contributed by atoms with E-state index < -0.39 is 9.05 Å². The van der Waals surface area contributed by atoms with Crippen molar-refractivity contribution < 1.29 is 49.6 Å². The molecule has 0 radical (unpaired) electrons.